The second-order valence-corrected chi connectivity index (χ2v) is 6.99. The SMILES string of the molecule is CSC(C(=O)c1c[nH]c2cc(Br)ccc12)=[N+]1CCCCC1.[I-]. The van der Waals surface area contributed by atoms with Crippen LogP contribution in [0.5, 0.6) is 0 Å². The monoisotopic (exact) mass is 492 g/mol. The Hall–Kier alpha value is -0.340. The first-order valence-corrected chi connectivity index (χ1v) is 9.19. The van der Waals surface area contributed by atoms with Crippen LogP contribution in [-0.2, 0) is 0 Å². The second-order valence-electron chi connectivity index (χ2n) is 5.28. The first-order chi connectivity index (χ1) is 10.2. The number of aromatic amines is 1. The molecule has 0 saturated carbocycles. The summed E-state index contributed by atoms with van der Waals surface area (Å²) in [6.07, 6.45) is 7.46. The van der Waals surface area contributed by atoms with Crippen molar-refractivity contribution < 1.29 is 33.3 Å². The summed E-state index contributed by atoms with van der Waals surface area (Å²) in [5, 5.41) is 1.87. The molecule has 1 aromatic carbocycles. The molecule has 3 rings (SSSR count). The second kappa shape index (κ2) is 7.97. The van der Waals surface area contributed by atoms with Crippen LogP contribution in [-0.4, -0.2) is 39.7 Å². The summed E-state index contributed by atoms with van der Waals surface area (Å²) in [5.41, 5.74) is 1.76. The number of nitrogens with zero attached hydrogens (tertiary/aromatic N) is 1. The first kappa shape index (κ1) is 18.0. The van der Waals surface area contributed by atoms with E-state index in [9.17, 15) is 4.79 Å². The van der Waals surface area contributed by atoms with E-state index in [0.717, 1.165) is 39.1 Å². The fraction of sp³-hybridized carbons (Fsp3) is 0.375. The minimum Gasteiger partial charge on any atom is -1.00 e. The number of piperidine rings is 1. The van der Waals surface area contributed by atoms with E-state index < -0.39 is 0 Å². The van der Waals surface area contributed by atoms with Gasteiger partial charge in [0.05, 0.1) is 5.56 Å². The predicted molar refractivity (Wildman–Crippen MR) is 92.7 cm³/mol. The summed E-state index contributed by atoms with van der Waals surface area (Å²) in [4.78, 5) is 16.1. The largest absolute Gasteiger partial charge is 1.00 e. The average molecular weight is 493 g/mol. The van der Waals surface area contributed by atoms with Crippen molar-refractivity contribution in [3.63, 3.8) is 0 Å². The van der Waals surface area contributed by atoms with E-state index in [2.05, 4.69) is 25.5 Å². The molecule has 1 saturated heterocycles. The van der Waals surface area contributed by atoms with Gasteiger partial charge in [0, 0.05) is 34.4 Å². The summed E-state index contributed by atoms with van der Waals surface area (Å²) in [6, 6.07) is 5.98. The number of benzene rings is 1. The van der Waals surface area contributed by atoms with Crippen molar-refractivity contribution in [2.75, 3.05) is 19.3 Å². The molecule has 6 heteroatoms. The molecule has 0 unspecified atom stereocenters. The highest BCUT2D eigenvalue weighted by molar-refractivity contribution is 9.10. The zero-order chi connectivity index (χ0) is 14.8. The normalized spacial score (nSPS) is 14.7. The van der Waals surface area contributed by atoms with Gasteiger partial charge in [-0.2, -0.15) is 0 Å². The summed E-state index contributed by atoms with van der Waals surface area (Å²) in [6.45, 7) is 1.99. The van der Waals surface area contributed by atoms with Crippen LogP contribution >= 0.6 is 27.7 Å². The van der Waals surface area contributed by atoms with E-state index in [1.807, 2.05) is 30.7 Å². The van der Waals surface area contributed by atoms with Crippen LogP contribution in [0, 0.1) is 0 Å². The summed E-state index contributed by atoms with van der Waals surface area (Å²) in [7, 11) is 0. The maximum absolute atomic E-state index is 12.9. The van der Waals surface area contributed by atoms with Crippen LogP contribution < -0.4 is 24.0 Å². The zero-order valence-electron chi connectivity index (χ0n) is 12.4. The Labute approximate surface area is 160 Å². The summed E-state index contributed by atoms with van der Waals surface area (Å²) < 4.78 is 3.26. The molecule has 1 aliphatic rings. The highest BCUT2D eigenvalue weighted by atomic mass is 127. The molecule has 22 heavy (non-hydrogen) atoms. The summed E-state index contributed by atoms with van der Waals surface area (Å²) >= 11 is 5.03. The molecule has 0 amide bonds. The van der Waals surface area contributed by atoms with Crippen molar-refractivity contribution in [3.05, 3.63) is 34.4 Å². The van der Waals surface area contributed by atoms with E-state index in [0.29, 0.717) is 0 Å². The lowest BCUT2D eigenvalue weighted by Gasteiger charge is -2.12. The van der Waals surface area contributed by atoms with Crippen LogP contribution in [0.25, 0.3) is 10.9 Å². The van der Waals surface area contributed by atoms with E-state index >= 15 is 0 Å². The number of hydrogen-bond acceptors (Lipinski definition) is 2. The number of carbonyl (C=O) groups is 1. The Morgan fingerprint density at radius 2 is 2.00 bits per heavy atom. The number of aromatic nitrogens is 1. The molecule has 3 nitrogen and oxygen atoms in total. The van der Waals surface area contributed by atoms with Crippen molar-refractivity contribution in [1.82, 2.24) is 4.98 Å². The number of Topliss-reactive ketones (excluding diaryl/α,β-unsaturated/α-hetero) is 1. The number of ketones is 1. The fourth-order valence-electron chi connectivity index (χ4n) is 2.86. The minimum absolute atomic E-state index is 0. The quantitative estimate of drug-likeness (QED) is 0.295. The number of thioether (sulfide) groups is 1. The number of rotatable bonds is 2. The highest BCUT2D eigenvalue weighted by Gasteiger charge is 2.27. The standard InChI is InChI=1S/C16H17BrN2OS.HI/c1-21-16(19-7-3-2-4-8-19)15(20)13-10-18-14-9-11(17)5-6-12(13)14;/h5-6,9-10H,2-4,7-8H2,1H3;1H. The van der Waals surface area contributed by atoms with Gasteiger partial charge in [0.1, 0.15) is 13.1 Å². The molecule has 0 aliphatic carbocycles. The number of carbonyl (C=O) groups excluding carboxylic acids is 1. The van der Waals surface area contributed by atoms with Crippen LogP contribution in [0.15, 0.2) is 28.9 Å². The zero-order valence-corrected chi connectivity index (χ0v) is 16.9. The van der Waals surface area contributed by atoms with Crippen LogP contribution in [0.2, 0.25) is 0 Å². The number of hydrogen-bond donors (Lipinski definition) is 1. The molecule has 0 radical (unpaired) electrons. The molecule has 118 valence electrons. The molecule has 2 heterocycles. The molecular formula is C16H18BrIN2OS. The van der Waals surface area contributed by atoms with Gasteiger partial charge in [-0.15, -0.1) is 0 Å². The van der Waals surface area contributed by atoms with Gasteiger partial charge in [0.15, 0.2) is 0 Å². The molecule has 0 bridgehead atoms. The molecule has 1 aliphatic heterocycles. The molecule has 1 aromatic heterocycles. The lowest BCUT2D eigenvalue weighted by molar-refractivity contribution is -0.533. The molecular weight excluding hydrogens is 475 g/mol. The number of fused-ring (bicyclic) bond motifs is 1. The van der Waals surface area contributed by atoms with Crippen molar-refractivity contribution in [2.45, 2.75) is 19.3 Å². The first-order valence-electron chi connectivity index (χ1n) is 7.18. The molecule has 1 N–H and O–H groups in total. The van der Waals surface area contributed by atoms with Crippen molar-refractivity contribution in [2.24, 2.45) is 0 Å². The van der Waals surface area contributed by atoms with Gasteiger partial charge in [0.2, 0.25) is 0 Å². The van der Waals surface area contributed by atoms with Crippen LogP contribution in [0.4, 0.5) is 0 Å². The third-order valence-electron chi connectivity index (χ3n) is 3.92. The third kappa shape index (κ3) is 3.59. The van der Waals surface area contributed by atoms with Gasteiger partial charge < -0.3 is 29.0 Å². The van der Waals surface area contributed by atoms with Crippen LogP contribution in [0.3, 0.4) is 0 Å². The molecule has 2 aromatic rings. The van der Waals surface area contributed by atoms with E-state index in [4.69, 9.17) is 0 Å². The Bertz CT molecular complexity index is 718. The number of nitrogens with one attached hydrogen (secondary N) is 1. The predicted octanol–water partition coefficient (Wildman–Crippen LogP) is 1.07. The van der Waals surface area contributed by atoms with Crippen molar-refractivity contribution >= 4 is 49.4 Å². The van der Waals surface area contributed by atoms with Crippen LogP contribution in [0.1, 0.15) is 29.6 Å². The number of H-pyrrole nitrogens is 1. The Kier molecular flexibility index (Phi) is 6.52. The van der Waals surface area contributed by atoms with Gasteiger partial charge in [0.25, 0.3) is 10.8 Å². The van der Waals surface area contributed by atoms with Gasteiger partial charge in [-0.3, -0.25) is 4.79 Å². The lowest BCUT2D eigenvalue weighted by Crippen LogP contribution is -3.00. The smallest absolute Gasteiger partial charge is 0.283 e. The Morgan fingerprint density at radius 3 is 2.68 bits per heavy atom. The van der Waals surface area contributed by atoms with Gasteiger partial charge >= 0.3 is 0 Å². The topological polar surface area (TPSA) is 35.9 Å². The fourth-order valence-corrected chi connectivity index (χ4v) is 3.96. The maximum atomic E-state index is 12.9. The van der Waals surface area contributed by atoms with Crippen molar-refractivity contribution in [1.29, 1.82) is 0 Å². The summed E-state index contributed by atoms with van der Waals surface area (Å²) in [5.74, 6) is 0.137. The molecule has 1 fully saturated rings. The molecule has 0 spiro atoms. The minimum atomic E-state index is 0. The van der Waals surface area contributed by atoms with E-state index in [1.165, 1.54) is 19.3 Å². The number of halogens is 2. The van der Waals surface area contributed by atoms with Gasteiger partial charge in [-0.05, 0) is 24.8 Å². The van der Waals surface area contributed by atoms with E-state index in [-0.39, 0.29) is 29.8 Å². The lowest BCUT2D eigenvalue weighted by atomic mass is 10.1. The van der Waals surface area contributed by atoms with Gasteiger partial charge in [-0.25, -0.2) is 4.58 Å². The van der Waals surface area contributed by atoms with Gasteiger partial charge in [-0.1, -0.05) is 33.8 Å². The van der Waals surface area contributed by atoms with Crippen molar-refractivity contribution in [3.8, 4) is 0 Å². The Balaban J connectivity index is 0.00000176. The third-order valence-corrected chi connectivity index (χ3v) is 5.24. The molecule has 0 atom stereocenters. The van der Waals surface area contributed by atoms with E-state index in [1.54, 1.807) is 11.8 Å². The highest BCUT2D eigenvalue weighted by Crippen LogP contribution is 2.24. The average Bonchev–Trinajstić information content (AvgIpc) is 2.92. The maximum Gasteiger partial charge on any atom is 0.283 e. The Morgan fingerprint density at radius 1 is 1.27 bits per heavy atom.